The Kier molecular flexibility index (Phi) is 4.78. The molecule has 3 heterocycles. The highest BCUT2D eigenvalue weighted by atomic mass is 16.4. The molecule has 136 valence electrons. The van der Waals surface area contributed by atoms with Gasteiger partial charge in [0.05, 0.1) is 17.7 Å². The molecule has 3 rings (SSSR count). The lowest BCUT2D eigenvalue weighted by atomic mass is 9.90. The van der Waals surface area contributed by atoms with Crippen LogP contribution in [-0.2, 0) is 11.3 Å². The summed E-state index contributed by atoms with van der Waals surface area (Å²) in [5, 5.41) is 12.1. The summed E-state index contributed by atoms with van der Waals surface area (Å²) < 4.78 is 0. The number of nitrogens with zero attached hydrogens (tertiary/aromatic N) is 4. The van der Waals surface area contributed by atoms with E-state index < -0.39 is 11.4 Å². The largest absolute Gasteiger partial charge is 0.481 e. The van der Waals surface area contributed by atoms with Crippen molar-refractivity contribution in [3.8, 4) is 0 Å². The van der Waals surface area contributed by atoms with E-state index in [9.17, 15) is 14.7 Å². The van der Waals surface area contributed by atoms with Crippen molar-refractivity contribution >= 4 is 17.9 Å². The van der Waals surface area contributed by atoms with E-state index in [4.69, 9.17) is 0 Å². The molecule has 0 saturated carbocycles. The Morgan fingerprint density at radius 3 is 2.64 bits per heavy atom. The molecule has 1 unspecified atom stereocenters. The summed E-state index contributed by atoms with van der Waals surface area (Å²) in [4.78, 5) is 36.4. The minimum Gasteiger partial charge on any atom is -0.481 e. The van der Waals surface area contributed by atoms with E-state index in [0.717, 1.165) is 43.3 Å². The maximum atomic E-state index is 12.3. The van der Waals surface area contributed by atoms with Crippen LogP contribution in [0.2, 0.25) is 0 Å². The number of carbonyl (C=O) groups excluding carboxylic acids is 1. The topological polar surface area (TPSA) is 98.7 Å². The van der Waals surface area contributed by atoms with Crippen molar-refractivity contribution in [3.05, 3.63) is 17.5 Å². The number of carboxylic acids is 1. The number of urea groups is 1. The van der Waals surface area contributed by atoms with Crippen molar-refractivity contribution in [1.82, 2.24) is 20.2 Å². The Hall–Kier alpha value is -2.38. The summed E-state index contributed by atoms with van der Waals surface area (Å²) in [6, 6.07) is 1.62. The molecule has 0 bridgehead atoms. The van der Waals surface area contributed by atoms with Gasteiger partial charge in [0.15, 0.2) is 0 Å². The van der Waals surface area contributed by atoms with Crippen LogP contribution in [0.5, 0.6) is 0 Å². The first-order valence-electron chi connectivity index (χ1n) is 8.73. The van der Waals surface area contributed by atoms with E-state index in [1.165, 1.54) is 0 Å². The fourth-order valence-corrected chi connectivity index (χ4v) is 3.35. The summed E-state index contributed by atoms with van der Waals surface area (Å²) in [5.41, 5.74) is 0.787. The molecule has 0 aliphatic carbocycles. The zero-order chi connectivity index (χ0) is 18.0. The fraction of sp³-hybridized carbons (Fsp3) is 0.647. The number of carbonyl (C=O) groups is 2. The third kappa shape index (κ3) is 3.83. The molecule has 1 aromatic heterocycles. The van der Waals surface area contributed by atoms with E-state index in [1.54, 1.807) is 11.8 Å². The van der Waals surface area contributed by atoms with Crippen LogP contribution in [0, 0.1) is 12.3 Å². The molecular formula is C17H25N5O3. The summed E-state index contributed by atoms with van der Waals surface area (Å²) in [6.45, 7) is 6.54. The Labute approximate surface area is 147 Å². The van der Waals surface area contributed by atoms with Crippen molar-refractivity contribution in [3.63, 3.8) is 0 Å². The van der Waals surface area contributed by atoms with E-state index in [2.05, 4.69) is 20.2 Å². The smallest absolute Gasteiger partial charge is 0.317 e. The highest BCUT2D eigenvalue weighted by Crippen LogP contribution is 2.30. The second-order valence-electron chi connectivity index (χ2n) is 7.19. The van der Waals surface area contributed by atoms with Gasteiger partial charge in [-0.15, -0.1) is 0 Å². The molecule has 1 aromatic rings. The van der Waals surface area contributed by atoms with Gasteiger partial charge >= 0.3 is 12.0 Å². The van der Waals surface area contributed by atoms with Crippen molar-refractivity contribution in [2.24, 2.45) is 5.41 Å². The highest BCUT2D eigenvalue weighted by molar-refractivity contribution is 5.79. The third-order valence-electron chi connectivity index (χ3n) is 4.98. The van der Waals surface area contributed by atoms with Crippen LogP contribution < -0.4 is 10.2 Å². The number of carboxylic acid groups (broad SMARTS) is 1. The number of aromatic nitrogens is 2. The lowest BCUT2D eigenvalue weighted by Gasteiger charge is -2.21. The predicted molar refractivity (Wildman–Crippen MR) is 92.4 cm³/mol. The second kappa shape index (κ2) is 6.85. The van der Waals surface area contributed by atoms with Crippen molar-refractivity contribution < 1.29 is 14.7 Å². The van der Waals surface area contributed by atoms with Crippen molar-refractivity contribution in [1.29, 1.82) is 0 Å². The molecule has 2 saturated heterocycles. The van der Waals surface area contributed by atoms with Gasteiger partial charge in [0.1, 0.15) is 0 Å². The molecule has 0 spiro atoms. The number of hydrogen-bond acceptors (Lipinski definition) is 5. The zero-order valence-electron chi connectivity index (χ0n) is 14.8. The SMILES string of the molecule is Cc1cc(CNC(=O)N2CCC(C)(C(=O)O)C2)nc(N2CCCC2)n1. The van der Waals surface area contributed by atoms with Gasteiger partial charge < -0.3 is 20.2 Å². The van der Waals surface area contributed by atoms with Gasteiger partial charge in [-0.2, -0.15) is 0 Å². The fourth-order valence-electron chi connectivity index (χ4n) is 3.35. The van der Waals surface area contributed by atoms with Gasteiger partial charge in [0.25, 0.3) is 0 Å². The number of hydrogen-bond donors (Lipinski definition) is 2. The van der Waals surface area contributed by atoms with Crippen LogP contribution in [0.15, 0.2) is 6.07 Å². The molecule has 0 aromatic carbocycles. The molecule has 1 atom stereocenters. The average Bonchev–Trinajstić information content (AvgIpc) is 3.22. The standard InChI is InChI=1S/C17H25N5O3/c1-12-9-13(20-15(19-12)21-6-3-4-7-21)10-18-16(25)22-8-5-17(2,11-22)14(23)24/h9H,3-8,10-11H2,1-2H3,(H,18,25)(H,23,24). The number of aliphatic carboxylic acids is 1. The number of likely N-dealkylation sites (tertiary alicyclic amines) is 1. The quantitative estimate of drug-likeness (QED) is 0.854. The van der Waals surface area contributed by atoms with Gasteiger partial charge in [0.2, 0.25) is 5.95 Å². The molecule has 2 amide bonds. The number of amides is 2. The Morgan fingerprint density at radius 1 is 1.28 bits per heavy atom. The van der Waals surface area contributed by atoms with Gasteiger partial charge in [-0.3, -0.25) is 4.79 Å². The zero-order valence-corrected chi connectivity index (χ0v) is 14.8. The molecule has 8 heteroatoms. The number of rotatable bonds is 4. The van der Waals surface area contributed by atoms with Crippen molar-refractivity contribution in [2.45, 2.75) is 39.7 Å². The second-order valence-corrected chi connectivity index (χ2v) is 7.19. The van der Waals surface area contributed by atoms with Crippen LogP contribution in [0.4, 0.5) is 10.7 Å². The minimum absolute atomic E-state index is 0.232. The first-order valence-corrected chi connectivity index (χ1v) is 8.73. The first kappa shape index (κ1) is 17.4. The first-order chi connectivity index (χ1) is 11.9. The number of aryl methyl sites for hydroxylation is 1. The lowest BCUT2D eigenvalue weighted by Crippen LogP contribution is -2.40. The molecule has 2 aliphatic rings. The Bertz CT molecular complexity index is 674. The minimum atomic E-state index is -0.857. The molecular weight excluding hydrogens is 322 g/mol. The molecule has 25 heavy (non-hydrogen) atoms. The van der Waals surface area contributed by atoms with E-state index in [0.29, 0.717) is 19.5 Å². The Balaban J connectivity index is 1.60. The van der Waals surface area contributed by atoms with Gasteiger partial charge in [-0.25, -0.2) is 14.8 Å². The van der Waals surface area contributed by atoms with Crippen LogP contribution in [-0.4, -0.2) is 58.2 Å². The summed E-state index contributed by atoms with van der Waals surface area (Å²) in [7, 11) is 0. The molecule has 8 nitrogen and oxygen atoms in total. The lowest BCUT2D eigenvalue weighted by molar-refractivity contribution is -0.147. The third-order valence-corrected chi connectivity index (χ3v) is 4.98. The van der Waals surface area contributed by atoms with Crippen LogP contribution in [0.1, 0.15) is 37.6 Å². The number of nitrogens with one attached hydrogen (secondary N) is 1. The molecule has 0 radical (unpaired) electrons. The van der Waals surface area contributed by atoms with E-state index in [-0.39, 0.29) is 12.6 Å². The van der Waals surface area contributed by atoms with Gasteiger partial charge in [-0.1, -0.05) is 0 Å². The molecule has 2 aliphatic heterocycles. The van der Waals surface area contributed by atoms with E-state index >= 15 is 0 Å². The number of anilines is 1. The van der Waals surface area contributed by atoms with Gasteiger partial charge in [-0.05, 0) is 39.2 Å². The summed E-state index contributed by atoms with van der Waals surface area (Å²) in [5.74, 6) is -0.133. The molecule has 2 fully saturated rings. The summed E-state index contributed by atoms with van der Waals surface area (Å²) >= 11 is 0. The monoisotopic (exact) mass is 347 g/mol. The van der Waals surface area contributed by atoms with Gasteiger partial charge in [0, 0.05) is 31.9 Å². The van der Waals surface area contributed by atoms with E-state index in [1.807, 2.05) is 13.0 Å². The van der Waals surface area contributed by atoms with Crippen LogP contribution in [0.25, 0.3) is 0 Å². The highest BCUT2D eigenvalue weighted by Gasteiger charge is 2.42. The normalized spacial score (nSPS) is 23.1. The van der Waals surface area contributed by atoms with Crippen LogP contribution >= 0.6 is 0 Å². The summed E-state index contributed by atoms with van der Waals surface area (Å²) in [6.07, 6.45) is 2.78. The van der Waals surface area contributed by atoms with Crippen LogP contribution in [0.3, 0.4) is 0 Å². The molecule has 2 N–H and O–H groups in total. The van der Waals surface area contributed by atoms with Crippen molar-refractivity contribution in [2.75, 3.05) is 31.1 Å². The maximum Gasteiger partial charge on any atom is 0.317 e. The average molecular weight is 347 g/mol. The Morgan fingerprint density at radius 2 is 2.00 bits per heavy atom. The maximum absolute atomic E-state index is 12.3. The predicted octanol–water partition coefficient (Wildman–Crippen LogP) is 1.39.